The molecule has 2 aromatic carbocycles. The standard InChI is InChI=1S/C18H19FN2O/c19-15-7-8-16-13(10-15)4-2-6-17(16)21-18(22)14-5-1-3-12(9-14)11-20/h1,3,5,7-10,17H,2,4,6,11,20H2,(H,21,22)/t17-/m1/s1. The zero-order chi connectivity index (χ0) is 15.5. The van der Waals surface area contributed by atoms with Crippen molar-refractivity contribution in [3.63, 3.8) is 0 Å². The first-order chi connectivity index (χ1) is 10.7. The fraction of sp³-hybridized carbons (Fsp3) is 0.278. The molecule has 0 saturated carbocycles. The van der Waals surface area contributed by atoms with Crippen LogP contribution in [0.3, 0.4) is 0 Å². The Bertz CT molecular complexity index is 699. The Morgan fingerprint density at radius 1 is 1.27 bits per heavy atom. The average molecular weight is 298 g/mol. The van der Waals surface area contributed by atoms with Gasteiger partial charge in [-0.2, -0.15) is 0 Å². The fourth-order valence-electron chi connectivity index (χ4n) is 3.01. The summed E-state index contributed by atoms with van der Waals surface area (Å²) in [5, 5.41) is 3.06. The van der Waals surface area contributed by atoms with Crippen molar-refractivity contribution in [3.8, 4) is 0 Å². The molecule has 22 heavy (non-hydrogen) atoms. The van der Waals surface area contributed by atoms with Gasteiger partial charge in [0.05, 0.1) is 6.04 Å². The summed E-state index contributed by atoms with van der Waals surface area (Å²) in [6, 6.07) is 12.1. The first kappa shape index (κ1) is 14.7. The zero-order valence-electron chi connectivity index (χ0n) is 12.3. The number of rotatable bonds is 3. The van der Waals surface area contributed by atoms with Gasteiger partial charge in [-0.3, -0.25) is 4.79 Å². The molecule has 0 bridgehead atoms. The number of hydrogen-bond donors (Lipinski definition) is 2. The van der Waals surface area contributed by atoms with Crippen molar-refractivity contribution in [3.05, 3.63) is 70.5 Å². The van der Waals surface area contributed by atoms with E-state index in [1.54, 1.807) is 18.2 Å². The number of nitrogens with two attached hydrogens (primary N) is 1. The molecule has 3 rings (SSSR count). The summed E-state index contributed by atoms with van der Waals surface area (Å²) < 4.78 is 13.3. The highest BCUT2D eigenvalue weighted by Gasteiger charge is 2.22. The largest absolute Gasteiger partial charge is 0.345 e. The minimum absolute atomic E-state index is 0.0571. The number of aryl methyl sites for hydroxylation is 1. The lowest BCUT2D eigenvalue weighted by Crippen LogP contribution is -2.31. The number of halogens is 1. The lowest BCUT2D eigenvalue weighted by atomic mass is 9.87. The lowest BCUT2D eigenvalue weighted by Gasteiger charge is -2.26. The molecule has 0 spiro atoms. The lowest BCUT2D eigenvalue weighted by molar-refractivity contribution is 0.0932. The number of hydrogen-bond acceptors (Lipinski definition) is 2. The minimum Gasteiger partial charge on any atom is -0.345 e. The Labute approximate surface area is 129 Å². The molecule has 0 aromatic heterocycles. The topological polar surface area (TPSA) is 55.1 Å². The van der Waals surface area contributed by atoms with Gasteiger partial charge in [0.2, 0.25) is 0 Å². The first-order valence-corrected chi connectivity index (χ1v) is 7.55. The van der Waals surface area contributed by atoms with Crippen LogP contribution in [0.4, 0.5) is 4.39 Å². The molecule has 1 aliphatic rings. The Hall–Kier alpha value is -2.20. The minimum atomic E-state index is -0.221. The smallest absolute Gasteiger partial charge is 0.251 e. The molecular weight excluding hydrogens is 279 g/mol. The van der Waals surface area contributed by atoms with Gasteiger partial charge in [0.15, 0.2) is 0 Å². The maximum absolute atomic E-state index is 13.3. The van der Waals surface area contributed by atoms with Gasteiger partial charge < -0.3 is 11.1 Å². The van der Waals surface area contributed by atoms with Crippen molar-refractivity contribution >= 4 is 5.91 Å². The van der Waals surface area contributed by atoms with E-state index in [4.69, 9.17) is 5.73 Å². The van der Waals surface area contributed by atoms with E-state index in [0.717, 1.165) is 36.0 Å². The second-order valence-corrected chi connectivity index (χ2v) is 5.67. The average Bonchev–Trinajstić information content (AvgIpc) is 2.54. The van der Waals surface area contributed by atoms with E-state index in [1.165, 1.54) is 6.07 Å². The van der Waals surface area contributed by atoms with E-state index in [1.807, 2.05) is 18.2 Å². The van der Waals surface area contributed by atoms with Gasteiger partial charge in [-0.25, -0.2) is 4.39 Å². The molecule has 0 radical (unpaired) electrons. The molecule has 0 heterocycles. The number of fused-ring (bicyclic) bond motifs is 1. The van der Waals surface area contributed by atoms with Gasteiger partial charge in [0, 0.05) is 12.1 Å². The maximum Gasteiger partial charge on any atom is 0.251 e. The van der Waals surface area contributed by atoms with Crippen molar-refractivity contribution in [2.75, 3.05) is 0 Å². The Morgan fingerprint density at radius 3 is 2.95 bits per heavy atom. The number of benzene rings is 2. The van der Waals surface area contributed by atoms with Gasteiger partial charge in [-0.1, -0.05) is 18.2 Å². The third-order valence-electron chi connectivity index (χ3n) is 4.15. The molecule has 0 aliphatic heterocycles. The Kier molecular flexibility index (Phi) is 4.20. The molecule has 4 heteroatoms. The molecule has 0 unspecified atom stereocenters. The fourth-order valence-corrected chi connectivity index (χ4v) is 3.01. The molecular formula is C18H19FN2O. The van der Waals surface area contributed by atoms with Gasteiger partial charge in [-0.15, -0.1) is 0 Å². The normalized spacial score (nSPS) is 16.9. The maximum atomic E-state index is 13.3. The van der Waals surface area contributed by atoms with E-state index in [2.05, 4.69) is 5.32 Å². The molecule has 1 amide bonds. The summed E-state index contributed by atoms with van der Waals surface area (Å²) in [5.41, 5.74) is 9.17. The zero-order valence-corrected chi connectivity index (χ0v) is 12.3. The quantitative estimate of drug-likeness (QED) is 0.915. The second-order valence-electron chi connectivity index (χ2n) is 5.67. The van der Waals surface area contributed by atoms with Crippen LogP contribution >= 0.6 is 0 Å². The molecule has 2 aromatic rings. The molecule has 3 N–H and O–H groups in total. The summed E-state index contributed by atoms with van der Waals surface area (Å²) in [6.07, 6.45) is 2.69. The van der Waals surface area contributed by atoms with E-state index < -0.39 is 0 Å². The summed E-state index contributed by atoms with van der Waals surface area (Å²) in [6.45, 7) is 0.409. The van der Waals surface area contributed by atoms with Crippen LogP contribution in [0.2, 0.25) is 0 Å². The van der Waals surface area contributed by atoms with Gasteiger partial charge >= 0.3 is 0 Å². The van der Waals surface area contributed by atoms with E-state index in [0.29, 0.717) is 12.1 Å². The van der Waals surface area contributed by atoms with Crippen LogP contribution in [0.25, 0.3) is 0 Å². The molecule has 1 aliphatic carbocycles. The highest BCUT2D eigenvalue weighted by Crippen LogP contribution is 2.30. The SMILES string of the molecule is NCc1cccc(C(=O)N[C@@H]2CCCc3cc(F)ccc32)c1. The van der Waals surface area contributed by atoms with Crippen molar-refractivity contribution in [1.82, 2.24) is 5.32 Å². The van der Waals surface area contributed by atoms with Gasteiger partial charge in [0.1, 0.15) is 5.82 Å². The van der Waals surface area contributed by atoms with Crippen molar-refractivity contribution in [2.45, 2.75) is 31.8 Å². The van der Waals surface area contributed by atoms with Crippen LogP contribution in [0.5, 0.6) is 0 Å². The molecule has 114 valence electrons. The first-order valence-electron chi connectivity index (χ1n) is 7.55. The monoisotopic (exact) mass is 298 g/mol. The third-order valence-corrected chi connectivity index (χ3v) is 4.15. The number of nitrogens with one attached hydrogen (secondary N) is 1. The van der Waals surface area contributed by atoms with E-state index in [9.17, 15) is 9.18 Å². The van der Waals surface area contributed by atoms with E-state index >= 15 is 0 Å². The van der Waals surface area contributed by atoms with E-state index in [-0.39, 0.29) is 17.8 Å². The third kappa shape index (κ3) is 3.02. The van der Waals surface area contributed by atoms with Crippen molar-refractivity contribution in [2.24, 2.45) is 5.73 Å². The second kappa shape index (κ2) is 6.28. The summed E-state index contributed by atoms with van der Waals surface area (Å²) >= 11 is 0. The Morgan fingerprint density at radius 2 is 2.14 bits per heavy atom. The Balaban J connectivity index is 1.80. The molecule has 0 fully saturated rings. The summed E-state index contributed by atoms with van der Waals surface area (Å²) in [5.74, 6) is -0.334. The van der Waals surface area contributed by atoms with Crippen LogP contribution < -0.4 is 11.1 Å². The highest BCUT2D eigenvalue weighted by atomic mass is 19.1. The predicted octanol–water partition coefficient (Wildman–Crippen LogP) is 3.09. The summed E-state index contributed by atoms with van der Waals surface area (Å²) in [4.78, 5) is 12.4. The van der Waals surface area contributed by atoms with Gasteiger partial charge in [0.25, 0.3) is 5.91 Å². The van der Waals surface area contributed by atoms with Crippen LogP contribution in [0, 0.1) is 5.82 Å². The predicted molar refractivity (Wildman–Crippen MR) is 83.9 cm³/mol. The molecule has 0 saturated heterocycles. The van der Waals surface area contributed by atoms with Crippen LogP contribution in [-0.2, 0) is 13.0 Å². The number of carbonyl (C=O) groups is 1. The summed E-state index contributed by atoms with van der Waals surface area (Å²) in [7, 11) is 0. The van der Waals surface area contributed by atoms with Crippen molar-refractivity contribution < 1.29 is 9.18 Å². The molecule has 3 nitrogen and oxygen atoms in total. The van der Waals surface area contributed by atoms with Crippen LogP contribution in [0.15, 0.2) is 42.5 Å². The van der Waals surface area contributed by atoms with Gasteiger partial charge in [-0.05, 0) is 60.2 Å². The van der Waals surface area contributed by atoms with Crippen LogP contribution in [-0.4, -0.2) is 5.91 Å². The highest BCUT2D eigenvalue weighted by molar-refractivity contribution is 5.94. The number of amides is 1. The van der Waals surface area contributed by atoms with Crippen molar-refractivity contribution in [1.29, 1.82) is 0 Å². The molecule has 1 atom stereocenters. The number of carbonyl (C=O) groups excluding carboxylic acids is 1. The van der Waals surface area contributed by atoms with Crippen LogP contribution in [0.1, 0.15) is 45.9 Å².